The van der Waals surface area contributed by atoms with Crippen LogP contribution in [-0.4, -0.2) is 41.2 Å². The molecule has 1 N–H and O–H groups in total. The number of likely N-dealkylation sites (tertiary alicyclic amines) is 1. The summed E-state index contributed by atoms with van der Waals surface area (Å²) in [5.74, 6) is -3.68. The van der Waals surface area contributed by atoms with E-state index in [1.165, 1.54) is 0 Å². The molecule has 3 atom stereocenters. The van der Waals surface area contributed by atoms with Gasteiger partial charge < -0.3 is 10.1 Å². The second-order valence-electron chi connectivity index (χ2n) is 10.6. The Morgan fingerprint density at radius 1 is 0.850 bits per heavy atom. The lowest BCUT2D eigenvalue weighted by molar-refractivity contribution is -0.160. The monoisotopic (exact) mass is 556 g/mol. The third-order valence-electron chi connectivity index (χ3n) is 8.39. The van der Waals surface area contributed by atoms with Gasteiger partial charge in [0.1, 0.15) is 6.04 Å². The van der Waals surface area contributed by atoms with Crippen LogP contribution < -0.4 is 5.32 Å². The normalized spacial score (nSPS) is 22.8. The number of hydrogen-bond donors (Lipinski definition) is 1. The van der Waals surface area contributed by atoms with Gasteiger partial charge in [-0.15, -0.1) is 0 Å². The number of unbranched alkanes of at least 4 members (excludes halogenated alkanes) is 1. The largest absolute Gasteiger partial charge is 0.454 e. The fourth-order valence-corrected chi connectivity index (χ4v) is 6.92. The van der Waals surface area contributed by atoms with Crippen molar-refractivity contribution in [2.45, 2.75) is 44.1 Å². The van der Waals surface area contributed by atoms with E-state index >= 15 is 0 Å². The zero-order valence-corrected chi connectivity index (χ0v) is 22.8. The number of carbonyl (C=O) groups is 4. The van der Waals surface area contributed by atoms with Gasteiger partial charge in [-0.2, -0.15) is 0 Å². The number of halogens is 1. The van der Waals surface area contributed by atoms with E-state index in [1.54, 1.807) is 24.3 Å². The summed E-state index contributed by atoms with van der Waals surface area (Å²) in [5, 5.41) is 2.98. The van der Waals surface area contributed by atoms with E-state index in [4.69, 9.17) is 16.3 Å². The van der Waals surface area contributed by atoms with Crippen LogP contribution in [0.15, 0.2) is 72.8 Å². The minimum atomic E-state index is -1.09. The highest BCUT2D eigenvalue weighted by atomic mass is 35.5. The van der Waals surface area contributed by atoms with Crippen molar-refractivity contribution in [2.75, 3.05) is 11.9 Å². The molecule has 7 nitrogen and oxygen atoms in total. The predicted octanol–water partition coefficient (Wildman–Crippen LogP) is 5.27. The Hall–Kier alpha value is -3.97. The number of para-hydroxylation sites is 1. The summed E-state index contributed by atoms with van der Waals surface area (Å²) in [4.78, 5) is 55.2. The maximum absolute atomic E-state index is 14.1. The van der Waals surface area contributed by atoms with Crippen LogP contribution in [-0.2, 0) is 23.9 Å². The summed E-state index contributed by atoms with van der Waals surface area (Å²) in [5.41, 5.74) is 4.67. The Labute approximate surface area is 237 Å². The van der Waals surface area contributed by atoms with Crippen molar-refractivity contribution >= 4 is 41.0 Å². The number of nitrogens with zero attached hydrogens (tertiary/aromatic N) is 1. The summed E-state index contributed by atoms with van der Waals surface area (Å²) < 4.78 is 5.39. The average Bonchev–Trinajstić information content (AvgIpc) is 3.23. The van der Waals surface area contributed by atoms with Crippen molar-refractivity contribution in [1.82, 2.24) is 4.90 Å². The first kappa shape index (κ1) is 26.3. The molecular weight excluding hydrogens is 528 g/mol. The van der Waals surface area contributed by atoms with Crippen molar-refractivity contribution < 1.29 is 23.9 Å². The van der Waals surface area contributed by atoms with Gasteiger partial charge in [0.2, 0.25) is 11.8 Å². The Balaban J connectivity index is 1.27. The lowest BCUT2D eigenvalue weighted by Gasteiger charge is -2.45. The van der Waals surface area contributed by atoms with Crippen molar-refractivity contribution in [3.05, 3.63) is 100 Å². The van der Waals surface area contributed by atoms with Crippen molar-refractivity contribution in [2.24, 2.45) is 11.8 Å². The zero-order chi connectivity index (χ0) is 28.0. The van der Waals surface area contributed by atoms with Gasteiger partial charge in [-0.05, 0) is 40.8 Å². The predicted molar refractivity (Wildman–Crippen MR) is 150 cm³/mol. The Bertz CT molecular complexity index is 1400. The zero-order valence-electron chi connectivity index (χ0n) is 22.0. The number of rotatable bonds is 8. The van der Waals surface area contributed by atoms with Gasteiger partial charge in [0.05, 0.1) is 22.5 Å². The number of esters is 1. The number of anilines is 1. The molecule has 3 amide bonds. The van der Waals surface area contributed by atoms with Crippen molar-refractivity contribution in [3.8, 4) is 0 Å². The van der Waals surface area contributed by atoms with E-state index in [0.717, 1.165) is 33.6 Å². The molecule has 0 unspecified atom stereocenters. The topological polar surface area (TPSA) is 92.8 Å². The van der Waals surface area contributed by atoms with Gasteiger partial charge in [0, 0.05) is 11.8 Å². The van der Waals surface area contributed by atoms with Crippen LogP contribution in [0.4, 0.5) is 5.69 Å². The van der Waals surface area contributed by atoms with Crippen molar-refractivity contribution in [3.63, 3.8) is 0 Å². The van der Waals surface area contributed by atoms with Gasteiger partial charge in [0.25, 0.3) is 5.91 Å². The molecule has 0 radical (unpaired) electrons. The first-order valence-corrected chi connectivity index (χ1v) is 14.1. The first-order valence-electron chi connectivity index (χ1n) is 13.7. The van der Waals surface area contributed by atoms with E-state index in [2.05, 4.69) is 5.32 Å². The number of benzene rings is 3. The molecule has 7 rings (SSSR count). The van der Waals surface area contributed by atoms with Crippen LogP contribution in [0.5, 0.6) is 0 Å². The summed E-state index contributed by atoms with van der Waals surface area (Å²) >= 11 is 6.11. The molecule has 0 spiro atoms. The quantitative estimate of drug-likeness (QED) is 0.301. The molecule has 3 aromatic rings. The molecule has 8 heteroatoms. The first-order chi connectivity index (χ1) is 19.4. The lowest BCUT2D eigenvalue weighted by Crippen LogP contribution is -2.47. The summed E-state index contributed by atoms with van der Waals surface area (Å²) in [6.07, 6.45) is 1.65. The van der Waals surface area contributed by atoms with Gasteiger partial charge >= 0.3 is 5.97 Å². The molecule has 2 bridgehead atoms. The number of carbonyl (C=O) groups excluding carboxylic acids is 4. The van der Waals surface area contributed by atoms with E-state index in [9.17, 15) is 19.2 Å². The van der Waals surface area contributed by atoms with Crippen LogP contribution in [0.3, 0.4) is 0 Å². The van der Waals surface area contributed by atoms with E-state index < -0.39 is 36.4 Å². The Kier molecular flexibility index (Phi) is 6.92. The lowest BCUT2D eigenvalue weighted by atomic mass is 9.55. The van der Waals surface area contributed by atoms with Crippen LogP contribution >= 0.6 is 11.6 Å². The summed E-state index contributed by atoms with van der Waals surface area (Å²) in [6, 6.07) is 21.7. The molecule has 0 aromatic heterocycles. The highest BCUT2D eigenvalue weighted by Gasteiger charge is 2.63. The molecule has 1 fully saturated rings. The molecule has 1 aliphatic heterocycles. The van der Waals surface area contributed by atoms with E-state index in [0.29, 0.717) is 17.1 Å². The summed E-state index contributed by atoms with van der Waals surface area (Å²) in [7, 11) is 0. The Morgan fingerprint density at radius 3 is 1.85 bits per heavy atom. The van der Waals surface area contributed by atoms with Crippen LogP contribution in [0.1, 0.15) is 60.3 Å². The fourth-order valence-electron chi connectivity index (χ4n) is 6.74. The van der Waals surface area contributed by atoms with E-state index in [1.807, 2.05) is 55.5 Å². The molecule has 40 heavy (non-hydrogen) atoms. The second-order valence-corrected chi connectivity index (χ2v) is 11.0. The number of imide groups is 1. The number of nitrogens with one attached hydrogen (secondary N) is 1. The van der Waals surface area contributed by atoms with Gasteiger partial charge in [-0.1, -0.05) is 92.0 Å². The van der Waals surface area contributed by atoms with Gasteiger partial charge in [-0.3, -0.25) is 19.3 Å². The summed E-state index contributed by atoms with van der Waals surface area (Å²) in [6.45, 7) is 1.41. The molecule has 204 valence electrons. The molecule has 4 aliphatic rings. The van der Waals surface area contributed by atoms with Crippen molar-refractivity contribution in [1.29, 1.82) is 0 Å². The maximum Gasteiger partial charge on any atom is 0.329 e. The average molecular weight is 557 g/mol. The molecule has 1 heterocycles. The smallest absolute Gasteiger partial charge is 0.329 e. The maximum atomic E-state index is 14.1. The highest BCUT2D eigenvalue weighted by molar-refractivity contribution is 6.33. The molecule has 3 aromatic carbocycles. The van der Waals surface area contributed by atoms with Gasteiger partial charge in [-0.25, -0.2) is 4.79 Å². The molecular formula is C32H29ClN2O5. The number of amides is 3. The van der Waals surface area contributed by atoms with Crippen LogP contribution in [0, 0.1) is 11.8 Å². The second kappa shape index (κ2) is 10.5. The minimum absolute atomic E-state index is 0.256. The number of hydrogen-bond acceptors (Lipinski definition) is 5. The standard InChI is InChI=1S/C32H29ClN2O5/c1-2-3-16-24(32(39)40-17-25(36)34-23-15-9-8-14-22(23)33)35-30(37)28-26-18-10-4-5-11-19(18)27(29(28)31(35)38)21-13-7-6-12-20(21)26/h4-15,24,26-29H,2-3,16-17H2,1H3,(H,34,36)/t24-,26?,27?,28-,29+/m0/s1. The highest BCUT2D eigenvalue weighted by Crippen LogP contribution is 2.61. The third kappa shape index (κ3) is 4.20. The molecule has 1 saturated heterocycles. The SMILES string of the molecule is CCCC[C@@H](C(=O)OCC(=O)Nc1ccccc1Cl)N1C(=O)[C@@H]2C3c4ccccc4C(c4ccccc43)[C@@H]2C1=O. The Morgan fingerprint density at radius 2 is 1.35 bits per heavy atom. The third-order valence-corrected chi connectivity index (χ3v) is 8.72. The molecule has 0 saturated carbocycles. The van der Waals surface area contributed by atoms with Gasteiger partial charge in [0.15, 0.2) is 6.61 Å². The minimum Gasteiger partial charge on any atom is -0.454 e. The number of ether oxygens (including phenoxy) is 1. The van der Waals surface area contributed by atoms with E-state index in [-0.39, 0.29) is 30.1 Å². The fraction of sp³-hybridized carbons (Fsp3) is 0.312. The molecule has 3 aliphatic carbocycles. The van der Waals surface area contributed by atoms with Crippen LogP contribution in [0.25, 0.3) is 0 Å². The van der Waals surface area contributed by atoms with Crippen LogP contribution in [0.2, 0.25) is 5.02 Å².